The zero-order valence-corrected chi connectivity index (χ0v) is 16.9. The van der Waals surface area contributed by atoms with Gasteiger partial charge in [0.25, 0.3) is 5.91 Å². The van der Waals surface area contributed by atoms with E-state index in [1.54, 1.807) is 30.3 Å². The van der Waals surface area contributed by atoms with E-state index >= 15 is 0 Å². The van der Waals surface area contributed by atoms with Gasteiger partial charge in [0.1, 0.15) is 6.04 Å². The molecule has 1 N–H and O–H groups in total. The highest BCUT2D eigenvalue weighted by Crippen LogP contribution is 2.37. The largest absolute Gasteiger partial charge is 0.480 e. The third kappa shape index (κ3) is 6.60. The van der Waals surface area contributed by atoms with Crippen LogP contribution in [0.2, 0.25) is 0 Å². The number of methoxy groups -OCH3 is 1. The molecule has 178 valence electrons. The van der Waals surface area contributed by atoms with Crippen molar-refractivity contribution in [2.75, 3.05) is 13.7 Å². The predicted octanol–water partition coefficient (Wildman–Crippen LogP) is 3.69. The van der Waals surface area contributed by atoms with Crippen LogP contribution >= 0.6 is 0 Å². The molecule has 8 nitrogen and oxygen atoms in total. The lowest BCUT2D eigenvalue weighted by Gasteiger charge is -2.20. The number of rotatable bonds is 9. The van der Waals surface area contributed by atoms with Crippen LogP contribution < -0.4 is 10.1 Å². The van der Waals surface area contributed by atoms with Gasteiger partial charge in [0.15, 0.2) is 12.4 Å². The fraction of sp³-hybridized carbons (Fsp3) is 0.300. The highest BCUT2D eigenvalue weighted by molar-refractivity contribution is 5.97. The summed E-state index contributed by atoms with van der Waals surface area (Å²) in [6.45, 7) is -2.23. The maximum absolute atomic E-state index is 13.2. The van der Waals surface area contributed by atoms with Crippen molar-refractivity contribution in [3.63, 3.8) is 0 Å². The molecule has 33 heavy (non-hydrogen) atoms. The monoisotopic (exact) mass is 476 g/mol. The summed E-state index contributed by atoms with van der Waals surface area (Å²) in [6.07, 6.45) is -5.92. The van der Waals surface area contributed by atoms with Crippen LogP contribution in [0.1, 0.15) is 15.9 Å². The third-order valence-electron chi connectivity index (χ3n) is 4.32. The van der Waals surface area contributed by atoms with Gasteiger partial charge in [0, 0.05) is 24.1 Å². The van der Waals surface area contributed by atoms with Gasteiger partial charge in [-0.1, -0.05) is 30.3 Å². The highest BCUT2D eigenvalue weighted by atomic mass is 19.4. The van der Waals surface area contributed by atoms with Gasteiger partial charge in [-0.3, -0.25) is 14.9 Å². The number of nitro groups is 1. The van der Waals surface area contributed by atoms with Gasteiger partial charge in [-0.2, -0.15) is 22.0 Å². The topological polar surface area (TPSA) is 108 Å². The predicted molar refractivity (Wildman–Crippen MR) is 103 cm³/mol. The number of nitro benzene ring substituents is 1. The van der Waals surface area contributed by atoms with Crippen molar-refractivity contribution in [3.8, 4) is 5.75 Å². The van der Waals surface area contributed by atoms with E-state index in [1.807, 2.05) is 0 Å². The molecule has 0 saturated carbocycles. The van der Waals surface area contributed by atoms with Crippen LogP contribution in [0.3, 0.4) is 0 Å². The first kappa shape index (κ1) is 25.5. The summed E-state index contributed by atoms with van der Waals surface area (Å²) in [5.41, 5.74) is -0.651. The van der Waals surface area contributed by atoms with E-state index < -0.39 is 53.0 Å². The van der Waals surface area contributed by atoms with E-state index in [-0.39, 0.29) is 12.0 Å². The standard InChI is InChI=1S/C20H17F5N2O6/c1-32-18(29)14(9-12-5-3-2-4-6-12)26-17(28)13-7-8-15(27(30)31)16(10-13)33-11-19(21,22)20(23,24)25/h2-8,10,14H,9,11H2,1H3,(H,26,28)/t14-/m0/s1. The minimum Gasteiger partial charge on any atom is -0.480 e. The zero-order valence-electron chi connectivity index (χ0n) is 16.9. The van der Waals surface area contributed by atoms with Gasteiger partial charge in [-0.25, -0.2) is 4.79 Å². The molecular weight excluding hydrogens is 459 g/mol. The average Bonchev–Trinajstić information content (AvgIpc) is 2.76. The van der Waals surface area contributed by atoms with Crippen LogP contribution in [-0.4, -0.2) is 48.7 Å². The molecule has 0 saturated heterocycles. The summed E-state index contributed by atoms with van der Waals surface area (Å²) >= 11 is 0. The molecule has 1 amide bonds. The molecule has 2 rings (SSSR count). The second-order valence-electron chi connectivity index (χ2n) is 6.67. The number of carbonyl (C=O) groups is 2. The number of halogens is 5. The number of alkyl halides is 5. The van der Waals surface area contributed by atoms with E-state index in [1.165, 1.54) is 0 Å². The molecule has 0 aromatic heterocycles. The Bertz CT molecular complexity index is 1010. The Labute approximate surface area is 183 Å². The normalized spacial score (nSPS) is 12.5. The molecule has 0 spiro atoms. The van der Waals surface area contributed by atoms with E-state index in [2.05, 4.69) is 14.8 Å². The summed E-state index contributed by atoms with van der Waals surface area (Å²) in [5, 5.41) is 13.4. The molecule has 2 aromatic carbocycles. The smallest absolute Gasteiger partial charge is 0.456 e. The van der Waals surface area contributed by atoms with Gasteiger partial charge in [0.05, 0.1) is 12.0 Å². The summed E-state index contributed by atoms with van der Waals surface area (Å²) in [5.74, 6) is -8.04. The van der Waals surface area contributed by atoms with Crippen LogP contribution in [0, 0.1) is 10.1 Å². The van der Waals surface area contributed by atoms with Gasteiger partial charge in [0.2, 0.25) is 0 Å². The Balaban J connectivity index is 2.27. The number of hydrogen-bond donors (Lipinski definition) is 1. The van der Waals surface area contributed by atoms with Crippen LogP contribution in [0.4, 0.5) is 27.6 Å². The summed E-state index contributed by atoms with van der Waals surface area (Å²) in [4.78, 5) is 34.7. The molecule has 0 aliphatic heterocycles. The molecule has 0 aliphatic rings. The van der Waals surface area contributed by atoms with Crippen molar-refractivity contribution in [2.45, 2.75) is 24.6 Å². The molecule has 0 heterocycles. The van der Waals surface area contributed by atoms with E-state index in [0.717, 1.165) is 13.2 Å². The quantitative estimate of drug-likeness (QED) is 0.256. The van der Waals surface area contributed by atoms with Crippen molar-refractivity contribution in [1.29, 1.82) is 0 Å². The molecule has 0 aliphatic carbocycles. The van der Waals surface area contributed by atoms with Crippen molar-refractivity contribution < 1.29 is 45.9 Å². The molecule has 1 atom stereocenters. The zero-order chi connectivity index (χ0) is 24.8. The lowest BCUT2D eigenvalue weighted by molar-refractivity contribution is -0.386. The van der Waals surface area contributed by atoms with Crippen LogP contribution in [0.25, 0.3) is 0 Å². The number of ether oxygens (including phenoxy) is 2. The second-order valence-corrected chi connectivity index (χ2v) is 6.67. The highest BCUT2D eigenvalue weighted by Gasteiger charge is 2.58. The molecule has 0 bridgehead atoms. The van der Waals surface area contributed by atoms with Crippen molar-refractivity contribution in [2.24, 2.45) is 0 Å². The average molecular weight is 476 g/mol. The maximum atomic E-state index is 13.2. The third-order valence-corrected chi connectivity index (χ3v) is 4.32. The Morgan fingerprint density at radius 2 is 1.73 bits per heavy atom. The van der Waals surface area contributed by atoms with Gasteiger partial charge >= 0.3 is 23.8 Å². The van der Waals surface area contributed by atoms with E-state index in [4.69, 9.17) is 0 Å². The van der Waals surface area contributed by atoms with Crippen molar-refractivity contribution in [1.82, 2.24) is 5.32 Å². The molecule has 2 aromatic rings. The minimum absolute atomic E-state index is 0.0212. The lowest BCUT2D eigenvalue weighted by atomic mass is 10.1. The second kappa shape index (κ2) is 10.2. The van der Waals surface area contributed by atoms with E-state index in [9.17, 15) is 41.7 Å². The van der Waals surface area contributed by atoms with Crippen LogP contribution in [-0.2, 0) is 16.0 Å². The number of benzene rings is 2. The number of amides is 1. The number of hydrogen-bond acceptors (Lipinski definition) is 6. The molecule has 0 radical (unpaired) electrons. The first-order valence-corrected chi connectivity index (χ1v) is 9.14. The SMILES string of the molecule is COC(=O)[C@H](Cc1ccccc1)NC(=O)c1ccc([N+](=O)[O-])c(OCC(F)(F)C(F)(F)F)c1. The van der Waals surface area contributed by atoms with Crippen LogP contribution in [0.5, 0.6) is 5.75 Å². The lowest BCUT2D eigenvalue weighted by Crippen LogP contribution is -2.43. The summed E-state index contributed by atoms with van der Waals surface area (Å²) in [7, 11) is 1.09. The van der Waals surface area contributed by atoms with Crippen LogP contribution in [0.15, 0.2) is 48.5 Å². The first-order chi connectivity index (χ1) is 15.4. The Morgan fingerprint density at radius 3 is 2.27 bits per heavy atom. The fourth-order valence-electron chi connectivity index (χ4n) is 2.60. The number of carbonyl (C=O) groups excluding carboxylic acids is 2. The Kier molecular flexibility index (Phi) is 7.90. The minimum atomic E-state index is -5.94. The van der Waals surface area contributed by atoms with Crippen molar-refractivity contribution in [3.05, 3.63) is 69.8 Å². The molecule has 0 fully saturated rings. The van der Waals surface area contributed by atoms with Crippen molar-refractivity contribution >= 4 is 17.6 Å². The van der Waals surface area contributed by atoms with Gasteiger partial charge in [-0.05, 0) is 11.6 Å². The maximum Gasteiger partial charge on any atom is 0.456 e. The van der Waals surface area contributed by atoms with Gasteiger partial charge < -0.3 is 14.8 Å². The van der Waals surface area contributed by atoms with Gasteiger partial charge in [-0.15, -0.1) is 0 Å². The summed E-state index contributed by atoms with van der Waals surface area (Å²) in [6, 6.07) is 9.58. The molecule has 0 unspecified atom stereocenters. The number of nitrogens with zero attached hydrogens (tertiary/aromatic N) is 1. The molecular formula is C20H17F5N2O6. The first-order valence-electron chi connectivity index (χ1n) is 9.14. The fourth-order valence-corrected chi connectivity index (χ4v) is 2.60. The van der Waals surface area contributed by atoms with E-state index in [0.29, 0.717) is 17.7 Å². The Morgan fingerprint density at radius 1 is 1.09 bits per heavy atom. The Hall–Kier alpha value is -3.77. The summed E-state index contributed by atoms with van der Waals surface area (Å²) < 4.78 is 72.4. The molecule has 13 heteroatoms. The number of nitrogens with one attached hydrogen (secondary N) is 1. The number of esters is 1.